The van der Waals surface area contributed by atoms with Crippen molar-refractivity contribution in [3.8, 4) is 0 Å². The lowest BCUT2D eigenvalue weighted by atomic mass is 10.1. The van der Waals surface area contributed by atoms with E-state index in [0.29, 0.717) is 0 Å². The van der Waals surface area contributed by atoms with Crippen molar-refractivity contribution in [2.45, 2.75) is 34.1 Å². The third kappa shape index (κ3) is 3.40. The Morgan fingerprint density at radius 2 is 1.83 bits per heavy atom. The molecule has 0 aliphatic rings. The van der Waals surface area contributed by atoms with Crippen LogP contribution in [0.15, 0.2) is 22.7 Å². The largest absolute Gasteiger partial charge is 0.0683 e. The number of rotatable bonds is 1. The van der Waals surface area contributed by atoms with E-state index in [-0.39, 0.29) is 0 Å². The Bertz CT molecular complexity index is 228. The fraction of sp³-hybridized carbons (Fsp3) is 0.455. The van der Waals surface area contributed by atoms with E-state index >= 15 is 0 Å². The second-order valence-corrected chi connectivity index (χ2v) is 3.30. The molecule has 0 aliphatic carbocycles. The molecule has 0 unspecified atom stereocenters. The van der Waals surface area contributed by atoms with Gasteiger partial charge >= 0.3 is 0 Å². The van der Waals surface area contributed by atoms with E-state index in [1.807, 2.05) is 13.8 Å². The molecule has 0 amide bonds. The van der Waals surface area contributed by atoms with Gasteiger partial charge in [0.15, 0.2) is 0 Å². The summed E-state index contributed by atoms with van der Waals surface area (Å²) in [7, 11) is 0. The van der Waals surface area contributed by atoms with Gasteiger partial charge in [0, 0.05) is 4.47 Å². The van der Waals surface area contributed by atoms with Crippen molar-refractivity contribution in [2.75, 3.05) is 0 Å². The number of halogens is 1. The van der Waals surface area contributed by atoms with Gasteiger partial charge in [0.25, 0.3) is 0 Å². The highest BCUT2D eigenvalue weighted by molar-refractivity contribution is 9.10. The van der Waals surface area contributed by atoms with Crippen molar-refractivity contribution in [3.05, 3.63) is 33.8 Å². The molecule has 0 spiro atoms. The fourth-order valence-electron chi connectivity index (χ4n) is 0.939. The smallest absolute Gasteiger partial charge is 0.0209 e. The topological polar surface area (TPSA) is 0 Å². The molecule has 1 aromatic carbocycles. The zero-order chi connectivity index (χ0) is 9.56. The first-order valence-electron chi connectivity index (χ1n) is 4.49. The molecule has 0 nitrogen and oxygen atoms in total. The third-order valence-corrected chi connectivity index (χ3v) is 2.33. The predicted octanol–water partition coefficient (Wildman–Crippen LogP) is 4.35. The number of hydrogen-bond donors (Lipinski definition) is 0. The summed E-state index contributed by atoms with van der Waals surface area (Å²) in [5.74, 6) is 0. The monoisotopic (exact) mass is 228 g/mol. The zero-order valence-electron chi connectivity index (χ0n) is 8.32. The minimum atomic E-state index is 1.10. The quantitative estimate of drug-likeness (QED) is 0.671. The van der Waals surface area contributed by atoms with Crippen LogP contribution in [0.2, 0.25) is 0 Å². The van der Waals surface area contributed by atoms with E-state index in [1.54, 1.807) is 0 Å². The lowest BCUT2D eigenvalue weighted by Gasteiger charge is -2.00. The van der Waals surface area contributed by atoms with Crippen LogP contribution in [0, 0.1) is 6.92 Å². The van der Waals surface area contributed by atoms with Crippen molar-refractivity contribution in [2.24, 2.45) is 0 Å². The van der Waals surface area contributed by atoms with Gasteiger partial charge in [-0.3, -0.25) is 0 Å². The average Bonchev–Trinajstić information content (AvgIpc) is 2.08. The first-order chi connectivity index (χ1) is 5.74. The Morgan fingerprint density at radius 3 is 2.25 bits per heavy atom. The van der Waals surface area contributed by atoms with E-state index in [1.165, 1.54) is 15.6 Å². The highest BCUT2D eigenvalue weighted by Crippen LogP contribution is 2.18. The van der Waals surface area contributed by atoms with Gasteiger partial charge in [0.2, 0.25) is 0 Å². The molecule has 0 saturated heterocycles. The summed E-state index contributed by atoms with van der Waals surface area (Å²) in [6.07, 6.45) is 1.10. The van der Waals surface area contributed by atoms with Gasteiger partial charge in [-0.05, 0) is 30.5 Å². The van der Waals surface area contributed by atoms with Gasteiger partial charge in [-0.25, -0.2) is 0 Å². The third-order valence-electron chi connectivity index (χ3n) is 1.59. The van der Waals surface area contributed by atoms with Crippen LogP contribution < -0.4 is 0 Å². The van der Waals surface area contributed by atoms with E-state index in [0.717, 1.165) is 6.42 Å². The molecule has 0 fully saturated rings. The summed E-state index contributed by atoms with van der Waals surface area (Å²) in [6, 6.07) is 6.46. The van der Waals surface area contributed by atoms with Crippen LogP contribution in [-0.2, 0) is 6.42 Å². The van der Waals surface area contributed by atoms with Gasteiger partial charge in [-0.1, -0.05) is 48.8 Å². The molecule has 0 bridgehead atoms. The molecular weight excluding hydrogens is 212 g/mol. The van der Waals surface area contributed by atoms with Gasteiger partial charge in [0.05, 0.1) is 0 Å². The van der Waals surface area contributed by atoms with Crippen LogP contribution in [0.1, 0.15) is 31.9 Å². The number of aryl methyl sites for hydroxylation is 2. The van der Waals surface area contributed by atoms with Crippen LogP contribution in [0.3, 0.4) is 0 Å². The molecule has 1 aromatic rings. The summed E-state index contributed by atoms with van der Waals surface area (Å²) in [4.78, 5) is 0. The summed E-state index contributed by atoms with van der Waals surface area (Å²) in [5, 5.41) is 0. The van der Waals surface area contributed by atoms with Gasteiger partial charge in [-0.15, -0.1) is 0 Å². The maximum Gasteiger partial charge on any atom is 0.0209 e. The molecule has 0 aromatic heterocycles. The summed E-state index contributed by atoms with van der Waals surface area (Å²) in [6.45, 7) is 8.26. The molecule has 1 heteroatoms. The number of hydrogen-bond acceptors (Lipinski definition) is 0. The standard InChI is InChI=1S/C9H11Br.C2H6/c1-3-8-5-4-7(2)6-9(8)10;1-2/h4-6H,3H2,1-2H3;1-2H3. The first-order valence-corrected chi connectivity index (χ1v) is 5.28. The summed E-state index contributed by atoms with van der Waals surface area (Å²) >= 11 is 3.51. The Hall–Kier alpha value is -0.300. The van der Waals surface area contributed by atoms with Crippen LogP contribution >= 0.6 is 15.9 Å². The Labute approximate surface area is 84.1 Å². The minimum Gasteiger partial charge on any atom is -0.0683 e. The lowest BCUT2D eigenvalue weighted by molar-refractivity contribution is 1.12. The molecule has 0 heterocycles. The molecule has 0 aliphatic heterocycles. The van der Waals surface area contributed by atoms with Crippen molar-refractivity contribution in [3.63, 3.8) is 0 Å². The van der Waals surface area contributed by atoms with Crippen molar-refractivity contribution in [1.82, 2.24) is 0 Å². The lowest BCUT2D eigenvalue weighted by Crippen LogP contribution is -1.82. The normalized spacial score (nSPS) is 8.75. The van der Waals surface area contributed by atoms with E-state index in [9.17, 15) is 0 Å². The fourth-order valence-corrected chi connectivity index (χ4v) is 1.71. The number of benzene rings is 1. The van der Waals surface area contributed by atoms with Crippen molar-refractivity contribution >= 4 is 15.9 Å². The van der Waals surface area contributed by atoms with E-state index in [4.69, 9.17) is 0 Å². The van der Waals surface area contributed by atoms with E-state index < -0.39 is 0 Å². The van der Waals surface area contributed by atoms with Gasteiger partial charge < -0.3 is 0 Å². The minimum absolute atomic E-state index is 1.10. The molecule has 0 N–H and O–H groups in total. The maximum atomic E-state index is 3.51. The van der Waals surface area contributed by atoms with E-state index in [2.05, 4.69) is 48.0 Å². The Kier molecular flexibility index (Phi) is 6.09. The molecule has 12 heavy (non-hydrogen) atoms. The predicted molar refractivity (Wildman–Crippen MR) is 59.6 cm³/mol. The van der Waals surface area contributed by atoms with Crippen LogP contribution in [0.4, 0.5) is 0 Å². The van der Waals surface area contributed by atoms with Crippen LogP contribution in [0.5, 0.6) is 0 Å². The summed E-state index contributed by atoms with van der Waals surface area (Å²) in [5.41, 5.74) is 2.69. The molecular formula is C11H17Br. The first kappa shape index (κ1) is 11.7. The Balaban J connectivity index is 0.000000561. The second kappa shape index (κ2) is 6.24. The zero-order valence-corrected chi connectivity index (χ0v) is 9.90. The van der Waals surface area contributed by atoms with Crippen LogP contribution in [0.25, 0.3) is 0 Å². The molecule has 68 valence electrons. The van der Waals surface area contributed by atoms with Crippen LogP contribution in [-0.4, -0.2) is 0 Å². The van der Waals surface area contributed by atoms with Crippen molar-refractivity contribution in [1.29, 1.82) is 0 Å². The van der Waals surface area contributed by atoms with Crippen molar-refractivity contribution < 1.29 is 0 Å². The molecule has 0 saturated carbocycles. The highest BCUT2D eigenvalue weighted by atomic mass is 79.9. The highest BCUT2D eigenvalue weighted by Gasteiger charge is 1.94. The average molecular weight is 229 g/mol. The Morgan fingerprint density at radius 1 is 1.25 bits per heavy atom. The maximum absolute atomic E-state index is 3.51. The van der Waals surface area contributed by atoms with Gasteiger partial charge in [-0.2, -0.15) is 0 Å². The van der Waals surface area contributed by atoms with Gasteiger partial charge in [0.1, 0.15) is 0 Å². The second-order valence-electron chi connectivity index (χ2n) is 2.45. The SMILES string of the molecule is CC.CCc1ccc(C)cc1Br. The molecule has 0 atom stereocenters. The summed E-state index contributed by atoms with van der Waals surface area (Å²) < 4.78 is 1.23. The molecule has 0 radical (unpaired) electrons. The molecule has 1 rings (SSSR count).